The van der Waals surface area contributed by atoms with Gasteiger partial charge in [-0.25, -0.2) is 4.98 Å². The molecule has 2 aromatic heterocycles. The van der Waals surface area contributed by atoms with Gasteiger partial charge in [-0.3, -0.25) is 9.78 Å². The Labute approximate surface area is 175 Å². The molecule has 0 aliphatic heterocycles. The topological polar surface area (TPSA) is 80.9 Å². The maximum absolute atomic E-state index is 14.4. The first-order chi connectivity index (χ1) is 14.4. The molecule has 6 heteroatoms. The highest BCUT2D eigenvalue weighted by Crippen LogP contribution is 2.40. The fourth-order valence-corrected chi connectivity index (χ4v) is 3.67. The van der Waals surface area contributed by atoms with Crippen molar-refractivity contribution in [1.82, 2.24) is 15.3 Å². The summed E-state index contributed by atoms with van der Waals surface area (Å²) in [6, 6.07) is 10.8. The van der Waals surface area contributed by atoms with Crippen LogP contribution >= 0.6 is 0 Å². The Bertz CT molecular complexity index is 1090. The zero-order valence-electron chi connectivity index (χ0n) is 17.2. The number of rotatable bonds is 6. The first-order valence-corrected chi connectivity index (χ1v) is 10.1. The van der Waals surface area contributed by atoms with E-state index in [0.29, 0.717) is 22.6 Å². The molecule has 0 saturated heterocycles. The molecule has 4 rings (SSSR count). The highest BCUT2D eigenvalue weighted by atomic mass is 19.1. The summed E-state index contributed by atoms with van der Waals surface area (Å²) in [5.74, 6) is -0.396. The number of carbonyl (C=O) groups is 1. The van der Waals surface area contributed by atoms with Gasteiger partial charge in [0.25, 0.3) is 5.91 Å². The third-order valence-electron chi connectivity index (χ3n) is 5.41. The molecule has 1 amide bonds. The van der Waals surface area contributed by atoms with Gasteiger partial charge in [-0.05, 0) is 91.3 Å². The number of aryl methyl sites for hydroxylation is 2. The van der Waals surface area contributed by atoms with Crippen LogP contribution < -0.4 is 11.1 Å². The summed E-state index contributed by atoms with van der Waals surface area (Å²) >= 11 is 0. The van der Waals surface area contributed by atoms with E-state index in [4.69, 9.17) is 5.73 Å². The van der Waals surface area contributed by atoms with Crippen LogP contribution in [0.3, 0.4) is 0 Å². The van der Waals surface area contributed by atoms with Crippen LogP contribution in [-0.2, 0) is 6.54 Å². The normalized spacial score (nSPS) is 14.4. The highest BCUT2D eigenvalue weighted by Gasteiger charge is 2.34. The van der Waals surface area contributed by atoms with Gasteiger partial charge in [0.2, 0.25) is 5.95 Å². The number of halogens is 1. The van der Waals surface area contributed by atoms with E-state index in [9.17, 15) is 9.18 Å². The lowest BCUT2D eigenvalue weighted by Crippen LogP contribution is -2.30. The Hall–Kier alpha value is -3.12. The van der Waals surface area contributed by atoms with Crippen molar-refractivity contribution in [3.63, 3.8) is 0 Å². The van der Waals surface area contributed by atoms with Crippen molar-refractivity contribution < 1.29 is 9.18 Å². The maximum Gasteiger partial charge on any atom is 0.251 e. The molecule has 1 fully saturated rings. The fraction of sp³-hybridized carbons (Fsp3) is 0.292. The van der Waals surface area contributed by atoms with Crippen LogP contribution in [-0.4, -0.2) is 15.9 Å². The molecule has 1 aliphatic carbocycles. The Morgan fingerprint density at radius 1 is 1.17 bits per heavy atom. The number of carbonyl (C=O) groups excluding carboxylic acids is 1. The van der Waals surface area contributed by atoms with Crippen molar-refractivity contribution in [3.8, 4) is 11.1 Å². The zero-order valence-corrected chi connectivity index (χ0v) is 17.2. The number of amides is 1. The van der Waals surface area contributed by atoms with Crippen molar-refractivity contribution in [3.05, 3.63) is 82.7 Å². The van der Waals surface area contributed by atoms with E-state index >= 15 is 0 Å². The van der Waals surface area contributed by atoms with Crippen LogP contribution in [0.2, 0.25) is 0 Å². The Balaban J connectivity index is 1.67. The number of hydrogen-bond acceptors (Lipinski definition) is 4. The van der Waals surface area contributed by atoms with Crippen LogP contribution in [0.25, 0.3) is 11.1 Å². The van der Waals surface area contributed by atoms with Crippen molar-refractivity contribution >= 4 is 5.91 Å². The number of nitrogens with two attached hydrogens (primary N) is 1. The predicted molar refractivity (Wildman–Crippen MR) is 114 cm³/mol. The largest absolute Gasteiger partial charge is 0.343 e. The second kappa shape index (κ2) is 8.32. The molecule has 1 unspecified atom stereocenters. The first-order valence-electron chi connectivity index (χ1n) is 10.1. The highest BCUT2D eigenvalue weighted by molar-refractivity contribution is 5.96. The lowest BCUT2D eigenvalue weighted by molar-refractivity contribution is 0.0930. The second-order valence-corrected chi connectivity index (χ2v) is 8.02. The summed E-state index contributed by atoms with van der Waals surface area (Å²) in [4.78, 5) is 21.4. The summed E-state index contributed by atoms with van der Waals surface area (Å²) in [5.41, 5.74) is 10.8. The van der Waals surface area contributed by atoms with Crippen molar-refractivity contribution in [1.29, 1.82) is 0 Å². The van der Waals surface area contributed by atoms with E-state index < -0.39 is 5.95 Å². The van der Waals surface area contributed by atoms with Gasteiger partial charge in [0, 0.05) is 30.1 Å². The van der Waals surface area contributed by atoms with Gasteiger partial charge < -0.3 is 11.1 Å². The maximum atomic E-state index is 14.4. The molecule has 1 aliphatic rings. The average molecular weight is 404 g/mol. The summed E-state index contributed by atoms with van der Waals surface area (Å²) in [6.07, 6.45) is 5.38. The molecule has 0 bridgehead atoms. The SMILES string of the molecule is Cc1ccnc(C(NC(=O)c2cc(CN)cc(-c3cc(C)cnc3F)c2)C2CC2)c1. The summed E-state index contributed by atoms with van der Waals surface area (Å²) in [5, 5.41) is 3.14. The van der Waals surface area contributed by atoms with Gasteiger partial charge in [-0.2, -0.15) is 4.39 Å². The Morgan fingerprint density at radius 2 is 1.97 bits per heavy atom. The molecule has 3 aromatic rings. The lowest BCUT2D eigenvalue weighted by Gasteiger charge is -2.19. The van der Waals surface area contributed by atoms with Crippen LogP contribution in [0.4, 0.5) is 4.39 Å². The molecule has 30 heavy (non-hydrogen) atoms. The standard InChI is InChI=1S/C24H25FN4O/c1-14-5-6-27-21(8-14)22(17-3-4-17)29-24(30)19-10-16(12-26)9-18(11-19)20-7-15(2)13-28-23(20)25/h5-11,13,17,22H,3-4,12,26H2,1-2H3,(H,29,30). The van der Waals surface area contributed by atoms with Crippen LogP contribution in [0.5, 0.6) is 0 Å². The lowest BCUT2D eigenvalue weighted by atomic mass is 9.98. The number of pyridine rings is 2. The quantitative estimate of drug-likeness (QED) is 0.602. The molecule has 1 atom stereocenters. The average Bonchev–Trinajstić information content (AvgIpc) is 3.58. The molecule has 154 valence electrons. The van der Waals surface area contributed by atoms with E-state index in [-0.39, 0.29) is 18.5 Å². The van der Waals surface area contributed by atoms with Crippen LogP contribution in [0.1, 0.15) is 51.6 Å². The number of hydrogen-bond donors (Lipinski definition) is 2. The van der Waals surface area contributed by atoms with Crippen LogP contribution in [0.15, 0.2) is 48.8 Å². The minimum absolute atomic E-state index is 0.139. The van der Waals surface area contributed by atoms with Gasteiger partial charge in [0.05, 0.1) is 11.7 Å². The summed E-state index contributed by atoms with van der Waals surface area (Å²) in [6.45, 7) is 4.12. The second-order valence-electron chi connectivity index (χ2n) is 8.02. The van der Waals surface area contributed by atoms with Gasteiger partial charge in [0.15, 0.2) is 0 Å². The summed E-state index contributed by atoms with van der Waals surface area (Å²) in [7, 11) is 0. The third-order valence-corrected chi connectivity index (χ3v) is 5.41. The van der Waals surface area contributed by atoms with E-state index in [0.717, 1.165) is 35.2 Å². The minimum atomic E-state index is -0.569. The van der Waals surface area contributed by atoms with Gasteiger partial charge >= 0.3 is 0 Å². The molecule has 2 heterocycles. The molecule has 0 radical (unpaired) electrons. The molecule has 5 nitrogen and oxygen atoms in total. The van der Waals surface area contributed by atoms with Gasteiger partial charge in [-0.15, -0.1) is 0 Å². The first kappa shape index (κ1) is 20.2. The molecule has 1 aromatic carbocycles. The smallest absolute Gasteiger partial charge is 0.251 e. The Kier molecular flexibility index (Phi) is 5.59. The number of aromatic nitrogens is 2. The summed E-state index contributed by atoms with van der Waals surface area (Å²) < 4.78 is 14.4. The van der Waals surface area contributed by atoms with Gasteiger partial charge in [0.1, 0.15) is 0 Å². The molecular formula is C24H25FN4O. The number of nitrogens with one attached hydrogen (secondary N) is 1. The Morgan fingerprint density at radius 3 is 2.67 bits per heavy atom. The van der Waals surface area contributed by atoms with E-state index in [2.05, 4.69) is 15.3 Å². The van der Waals surface area contributed by atoms with Crippen molar-refractivity contribution in [2.24, 2.45) is 11.7 Å². The molecular weight excluding hydrogens is 379 g/mol. The minimum Gasteiger partial charge on any atom is -0.343 e. The number of nitrogens with zero attached hydrogens (tertiary/aromatic N) is 2. The van der Waals surface area contributed by atoms with E-state index in [1.54, 1.807) is 30.5 Å². The molecule has 0 spiro atoms. The molecule has 3 N–H and O–H groups in total. The zero-order chi connectivity index (χ0) is 21.3. The van der Waals surface area contributed by atoms with Crippen molar-refractivity contribution in [2.75, 3.05) is 0 Å². The van der Waals surface area contributed by atoms with Gasteiger partial charge in [-0.1, -0.05) is 0 Å². The van der Waals surface area contributed by atoms with Crippen molar-refractivity contribution in [2.45, 2.75) is 39.3 Å². The van der Waals surface area contributed by atoms with E-state index in [1.807, 2.05) is 26.0 Å². The molecule has 1 saturated carbocycles. The predicted octanol–water partition coefficient (Wildman–Crippen LogP) is 4.24. The third kappa shape index (κ3) is 4.39. The fourth-order valence-electron chi connectivity index (χ4n) is 3.67. The van der Waals surface area contributed by atoms with Crippen LogP contribution in [0, 0.1) is 25.7 Å². The van der Waals surface area contributed by atoms with E-state index in [1.165, 1.54) is 6.20 Å². The monoisotopic (exact) mass is 404 g/mol. The number of benzene rings is 1.